The van der Waals surface area contributed by atoms with Gasteiger partial charge in [0, 0.05) is 17.9 Å². The van der Waals surface area contributed by atoms with Gasteiger partial charge in [-0.3, -0.25) is 4.79 Å². The number of esters is 1. The van der Waals surface area contributed by atoms with Gasteiger partial charge in [0.05, 0.1) is 6.10 Å². The van der Waals surface area contributed by atoms with Crippen LogP contribution in [0.25, 0.3) is 0 Å². The third-order valence-electron chi connectivity index (χ3n) is 5.64. The average molecular weight is 452 g/mol. The maximum Gasteiger partial charge on any atom is 0.334 e. The van der Waals surface area contributed by atoms with Crippen molar-refractivity contribution in [2.75, 3.05) is 0 Å². The summed E-state index contributed by atoms with van der Waals surface area (Å²) in [4.78, 5) is 35.3. The van der Waals surface area contributed by atoms with Gasteiger partial charge < -0.3 is 20.4 Å². The third-order valence-corrected chi connectivity index (χ3v) is 5.64. The summed E-state index contributed by atoms with van der Waals surface area (Å²) in [5.41, 5.74) is 4.23. The van der Waals surface area contributed by atoms with E-state index in [4.69, 9.17) is 10.5 Å². The van der Waals surface area contributed by atoms with Crippen molar-refractivity contribution >= 4 is 18.2 Å². The van der Waals surface area contributed by atoms with Gasteiger partial charge in [0.1, 0.15) is 6.29 Å². The first-order valence-corrected chi connectivity index (χ1v) is 12.2. The number of aliphatic hydroxyl groups excluding tert-OH is 1. The number of carbonyl (C=O) groups excluding carboxylic acids is 3. The molecule has 0 aliphatic carbocycles. The van der Waals surface area contributed by atoms with Crippen LogP contribution in [-0.4, -0.2) is 35.0 Å². The van der Waals surface area contributed by atoms with Crippen molar-refractivity contribution in [3.05, 3.63) is 24.3 Å². The molecule has 3 N–H and O–H groups in total. The largest absolute Gasteiger partial charge is 0.446 e. The number of amides is 1. The molecule has 6 nitrogen and oxygen atoms in total. The lowest BCUT2D eigenvalue weighted by Crippen LogP contribution is -2.49. The Kier molecular flexibility index (Phi) is 16.5. The van der Waals surface area contributed by atoms with Crippen molar-refractivity contribution in [3.63, 3.8) is 0 Å². The minimum atomic E-state index is -1.51. The molecule has 0 aromatic rings. The molecule has 1 amide bonds. The summed E-state index contributed by atoms with van der Waals surface area (Å²) < 4.78 is 5.39. The van der Waals surface area contributed by atoms with Crippen molar-refractivity contribution in [2.45, 2.75) is 116 Å². The molecule has 32 heavy (non-hydrogen) atoms. The molecule has 0 aliphatic heterocycles. The van der Waals surface area contributed by atoms with Crippen LogP contribution in [0.5, 0.6) is 0 Å². The summed E-state index contributed by atoms with van der Waals surface area (Å²) in [7, 11) is 0. The highest BCUT2D eigenvalue weighted by Gasteiger charge is 2.41. The van der Waals surface area contributed by atoms with Crippen LogP contribution in [0.1, 0.15) is 104 Å². The van der Waals surface area contributed by atoms with Gasteiger partial charge in [0.15, 0.2) is 5.60 Å². The summed E-state index contributed by atoms with van der Waals surface area (Å²) in [6.07, 6.45) is 15.7. The lowest BCUT2D eigenvalue weighted by molar-refractivity contribution is -0.168. The first-order valence-electron chi connectivity index (χ1n) is 12.2. The molecule has 0 spiro atoms. The number of hydrogen-bond donors (Lipinski definition) is 2. The highest BCUT2D eigenvalue weighted by molar-refractivity contribution is 5.92. The molecule has 3 atom stereocenters. The van der Waals surface area contributed by atoms with Crippen LogP contribution in [0.15, 0.2) is 24.3 Å². The number of unbranched alkanes of at least 4 members (excludes halogenated alkanes) is 7. The van der Waals surface area contributed by atoms with E-state index in [9.17, 15) is 19.5 Å². The summed E-state index contributed by atoms with van der Waals surface area (Å²) in [5, 5.41) is 9.79. The Morgan fingerprint density at radius 3 is 2.31 bits per heavy atom. The van der Waals surface area contributed by atoms with E-state index >= 15 is 0 Å². The molecule has 0 aliphatic rings. The smallest absolute Gasteiger partial charge is 0.334 e. The number of primary amides is 1. The second-order valence-electron chi connectivity index (χ2n) is 8.99. The summed E-state index contributed by atoms with van der Waals surface area (Å²) in [5.74, 6) is -1.29. The number of ether oxygens (including phenoxy) is 1. The normalized spacial score (nSPS) is 15.1. The number of carbonyl (C=O) groups is 3. The van der Waals surface area contributed by atoms with Gasteiger partial charge in [-0.2, -0.15) is 0 Å². The molecule has 0 bridgehead atoms. The molecule has 0 radical (unpaired) electrons. The molecule has 3 unspecified atom stereocenters. The molecular formula is C26H45NO5. The van der Waals surface area contributed by atoms with Gasteiger partial charge in [0.25, 0.3) is 5.91 Å². The zero-order chi connectivity index (χ0) is 24.4. The van der Waals surface area contributed by atoms with Gasteiger partial charge in [0.2, 0.25) is 0 Å². The van der Waals surface area contributed by atoms with Crippen LogP contribution in [0, 0.1) is 5.92 Å². The third kappa shape index (κ3) is 13.5. The van der Waals surface area contributed by atoms with Crippen LogP contribution in [0.4, 0.5) is 0 Å². The number of rotatable bonds is 20. The summed E-state index contributed by atoms with van der Waals surface area (Å²) >= 11 is 0. The molecule has 6 heteroatoms. The van der Waals surface area contributed by atoms with Crippen LogP contribution >= 0.6 is 0 Å². The maximum atomic E-state index is 12.1. The first kappa shape index (κ1) is 30.0. The van der Waals surface area contributed by atoms with Crippen LogP contribution in [-0.2, 0) is 19.1 Å². The number of nitrogens with two attached hydrogens (primary N) is 1. The Bertz CT molecular complexity index is 599. The lowest BCUT2D eigenvalue weighted by atomic mass is 9.89. The zero-order valence-electron chi connectivity index (χ0n) is 20.4. The summed E-state index contributed by atoms with van der Waals surface area (Å²) in [6, 6.07) is 0. The van der Waals surface area contributed by atoms with E-state index in [1.54, 1.807) is 6.92 Å². The predicted octanol–water partition coefficient (Wildman–Crippen LogP) is 5.17. The van der Waals surface area contributed by atoms with Crippen molar-refractivity contribution in [1.82, 2.24) is 0 Å². The Labute approximate surface area is 194 Å². The first-order chi connectivity index (χ1) is 15.2. The summed E-state index contributed by atoms with van der Waals surface area (Å²) in [6.45, 7) is 8.78. The van der Waals surface area contributed by atoms with E-state index in [2.05, 4.69) is 25.7 Å². The maximum absolute atomic E-state index is 12.1. The molecule has 0 aromatic carbocycles. The highest BCUT2D eigenvalue weighted by Crippen LogP contribution is 2.27. The molecule has 0 saturated heterocycles. The van der Waals surface area contributed by atoms with E-state index in [1.807, 2.05) is 0 Å². The van der Waals surface area contributed by atoms with Crippen LogP contribution in [0.3, 0.4) is 0 Å². The number of aliphatic hydroxyl groups is 1. The zero-order valence-corrected chi connectivity index (χ0v) is 20.4. The fraction of sp³-hybridized carbons (Fsp3) is 0.731. The van der Waals surface area contributed by atoms with Gasteiger partial charge in [-0.05, 0) is 52.4 Å². The monoisotopic (exact) mass is 451 g/mol. The van der Waals surface area contributed by atoms with Crippen molar-refractivity contribution in [1.29, 1.82) is 0 Å². The molecular weight excluding hydrogens is 406 g/mol. The average Bonchev–Trinajstić information content (AvgIpc) is 2.73. The van der Waals surface area contributed by atoms with Gasteiger partial charge >= 0.3 is 5.97 Å². The topological polar surface area (TPSA) is 107 Å². The quantitative estimate of drug-likeness (QED) is 0.0872. The van der Waals surface area contributed by atoms with Crippen molar-refractivity contribution < 1.29 is 24.2 Å². The SMILES string of the molecule is C=C(C)C(=O)OC(CCCCCCC=CCC(C=O)CCCCCC)(CC(C)O)C(N)=O. The van der Waals surface area contributed by atoms with Crippen molar-refractivity contribution in [3.8, 4) is 0 Å². The van der Waals surface area contributed by atoms with E-state index in [0.717, 1.165) is 51.2 Å². The minimum absolute atomic E-state index is 0.0273. The highest BCUT2D eigenvalue weighted by atomic mass is 16.6. The molecule has 0 saturated carbocycles. The Balaban J connectivity index is 4.33. The molecule has 0 aromatic heterocycles. The van der Waals surface area contributed by atoms with Crippen molar-refractivity contribution in [2.24, 2.45) is 11.7 Å². The second-order valence-corrected chi connectivity index (χ2v) is 8.99. The predicted molar refractivity (Wildman–Crippen MR) is 129 cm³/mol. The lowest BCUT2D eigenvalue weighted by Gasteiger charge is -2.31. The standard InChI is InChI=1S/C26H45NO5/c1-5-6-7-13-16-23(20-28)17-14-11-9-8-10-12-15-18-26(25(27)31,19-22(4)29)32-24(30)21(2)3/h11,14,20,22-23,29H,2,5-10,12-13,15-19H2,1,3-4H3,(H2,27,31). The molecule has 0 fully saturated rings. The van der Waals surface area contributed by atoms with E-state index in [1.165, 1.54) is 26.2 Å². The fourth-order valence-corrected chi connectivity index (χ4v) is 3.70. The van der Waals surface area contributed by atoms with E-state index in [0.29, 0.717) is 6.42 Å². The van der Waals surface area contributed by atoms with Gasteiger partial charge in [-0.1, -0.05) is 64.2 Å². The van der Waals surface area contributed by atoms with Gasteiger partial charge in [-0.25, -0.2) is 4.79 Å². The molecule has 0 heterocycles. The molecule has 184 valence electrons. The Morgan fingerprint density at radius 1 is 1.09 bits per heavy atom. The van der Waals surface area contributed by atoms with Crippen LogP contribution in [0.2, 0.25) is 0 Å². The minimum Gasteiger partial charge on any atom is -0.446 e. The van der Waals surface area contributed by atoms with Crippen LogP contribution < -0.4 is 5.73 Å². The Hall–Kier alpha value is -1.95. The number of allylic oxidation sites excluding steroid dienone is 2. The number of aldehydes is 1. The Morgan fingerprint density at radius 2 is 1.75 bits per heavy atom. The van der Waals surface area contributed by atoms with E-state index in [-0.39, 0.29) is 24.3 Å². The van der Waals surface area contributed by atoms with Gasteiger partial charge in [-0.15, -0.1) is 0 Å². The number of hydrogen-bond acceptors (Lipinski definition) is 5. The molecule has 0 rings (SSSR count). The second kappa shape index (κ2) is 17.6. The van der Waals surface area contributed by atoms with E-state index < -0.39 is 23.6 Å². The fourth-order valence-electron chi connectivity index (χ4n) is 3.70.